The highest BCUT2D eigenvalue weighted by Crippen LogP contribution is 2.40. The van der Waals surface area contributed by atoms with Gasteiger partial charge in [-0.25, -0.2) is 9.97 Å². The molecular formula is C20H21N5O. The maximum atomic E-state index is 12.2. The van der Waals surface area contributed by atoms with E-state index in [0.29, 0.717) is 0 Å². The molecule has 1 aliphatic carbocycles. The number of aryl methyl sites for hydroxylation is 1. The van der Waals surface area contributed by atoms with E-state index >= 15 is 0 Å². The van der Waals surface area contributed by atoms with Crippen LogP contribution in [0.15, 0.2) is 30.6 Å². The lowest BCUT2D eigenvalue weighted by Gasteiger charge is -2.23. The molecule has 6 nitrogen and oxygen atoms in total. The number of rotatable bonds is 2. The Balaban J connectivity index is 1.65. The Morgan fingerprint density at radius 1 is 1.27 bits per heavy atom. The van der Waals surface area contributed by atoms with Gasteiger partial charge in [-0.05, 0) is 42.9 Å². The number of amides is 1. The minimum absolute atomic E-state index is 0.0189. The van der Waals surface area contributed by atoms with Gasteiger partial charge in [-0.1, -0.05) is 18.2 Å². The van der Waals surface area contributed by atoms with E-state index < -0.39 is 0 Å². The van der Waals surface area contributed by atoms with Crippen LogP contribution in [0.2, 0.25) is 0 Å². The third kappa shape index (κ3) is 2.21. The molecule has 3 aromatic rings. The molecule has 0 bridgehead atoms. The Morgan fingerprint density at radius 2 is 2.15 bits per heavy atom. The fraction of sp³-hybridized carbons (Fsp3) is 0.350. The van der Waals surface area contributed by atoms with Gasteiger partial charge in [-0.15, -0.1) is 0 Å². The van der Waals surface area contributed by atoms with Crippen LogP contribution in [0.25, 0.3) is 11.0 Å². The average Bonchev–Trinajstić information content (AvgIpc) is 3.28. The van der Waals surface area contributed by atoms with Crippen molar-refractivity contribution in [1.82, 2.24) is 20.3 Å². The molecule has 2 aromatic heterocycles. The summed E-state index contributed by atoms with van der Waals surface area (Å²) in [7, 11) is 1.71. The predicted octanol–water partition coefficient (Wildman–Crippen LogP) is 2.50. The highest BCUT2D eigenvalue weighted by molar-refractivity contribution is 5.95. The Kier molecular flexibility index (Phi) is 3.45. The topological polar surface area (TPSA) is 73.9 Å². The van der Waals surface area contributed by atoms with Crippen molar-refractivity contribution in [1.29, 1.82) is 0 Å². The zero-order chi connectivity index (χ0) is 17.7. The fourth-order valence-electron chi connectivity index (χ4n) is 4.41. The van der Waals surface area contributed by atoms with Crippen molar-refractivity contribution >= 4 is 28.4 Å². The number of H-pyrrole nitrogens is 1. The van der Waals surface area contributed by atoms with Gasteiger partial charge in [0, 0.05) is 30.9 Å². The molecule has 5 rings (SSSR count). The zero-order valence-corrected chi connectivity index (χ0v) is 14.7. The van der Waals surface area contributed by atoms with Gasteiger partial charge in [-0.2, -0.15) is 0 Å². The summed E-state index contributed by atoms with van der Waals surface area (Å²) in [6.07, 6.45) is 5.14. The van der Waals surface area contributed by atoms with Crippen molar-refractivity contribution in [2.45, 2.75) is 25.7 Å². The standard InChI is InChI=1S/C20H21N5O/c1-21-20(26)13-6-7-15-14(10-13)17-18(24-15)22-11-23-19(17)25-9-8-12-4-2-3-5-16(12)25/h2-5,11,13H,6-10H2,1H3,(H,21,26)(H,22,23,24)/t13-/m0/s1. The number of nitrogens with one attached hydrogen (secondary N) is 2. The number of carbonyl (C=O) groups excluding carboxylic acids is 1. The second-order valence-electron chi connectivity index (χ2n) is 7.09. The molecule has 3 heterocycles. The van der Waals surface area contributed by atoms with Gasteiger partial charge in [0.05, 0.1) is 5.39 Å². The molecule has 0 unspecified atom stereocenters. The van der Waals surface area contributed by atoms with E-state index in [1.54, 1.807) is 13.4 Å². The highest BCUT2D eigenvalue weighted by Gasteiger charge is 2.30. The molecule has 0 saturated heterocycles. The molecule has 132 valence electrons. The lowest BCUT2D eigenvalue weighted by molar-refractivity contribution is -0.124. The lowest BCUT2D eigenvalue weighted by Crippen LogP contribution is -2.31. The number of carbonyl (C=O) groups is 1. The van der Waals surface area contributed by atoms with E-state index in [1.165, 1.54) is 22.5 Å². The number of nitrogens with zero attached hydrogens (tertiary/aromatic N) is 3. The highest BCUT2D eigenvalue weighted by atomic mass is 16.1. The summed E-state index contributed by atoms with van der Waals surface area (Å²) in [6, 6.07) is 8.50. The van der Waals surface area contributed by atoms with E-state index in [4.69, 9.17) is 0 Å². The molecule has 6 heteroatoms. The first-order chi connectivity index (χ1) is 12.8. The number of aromatic amines is 1. The van der Waals surface area contributed by atoms with E-state index in [0.717, 1.165) is 49.1 Å². The summed E-state index contributed by atoms with van der Waals surface area (Å²) >= 11 is 0. The fourth-order valence-corrected chi connectivity index (χ4v) is 4.41. The van der Waals surface area contributed by atoms with Crippen molar-refractivity contribution in [3.05, 3.63) is 47.4 Å². The van der Waals surface area contributed by atoms with E-state index in [1.807, 2.05) is 0 Å². The first kappa shape index (κ1) is 15.4. The Morgan fingerprint density at radius 3 is 3.04 bits per heavy atom. The quantitative estimate of drug-likeness (QED) is 0.747. The molecule has 0 spiro atoms. The summed E-state index contributed by atoms with van der Waals surface area (Å²) < 4.78 is 0. The van der Waals surface area contributed by atoms with Crippen LogP contribution in [0.5, 0.6) is 0 Å². The second kappa shape index (κ2) is 5.83. The summed E-state index contributed by atoms with van der Waals surface area (Å²) in [5, 5.41) is 3.87. The van der Waals surface area contributed by atoms with Crippen molar-refractivity contribution in [3.63, 3.8) is 0 Å². The van der Waals surface area contributed by atoms with Gasteiger partial charge in [0.15, 0.2) is 0 Å². The molecule has 0 saturated carbocycles. The van der Waals surface area contributed by atoms with Gasteiger partial charge in [-0.3, -0.25) is 4.79 Å². The summed E-state index contributed by atoms with van der Waals surface area (Å²) in [4.78, 5) is 27.1. The molecular weight excluding hydrogens is 326 g/mol. The van der Waals surface area contributed by atoms with Crippen LogP contribution in [-0.2, 0) is 24.1 Å². The molecule has 1 aliphatic heterocycles. The predicted molar refractivity (Wildman–Crippen MR) is 101 cm³/mol. The van der Waals surface area contributed by atoms with Gasteiger partial charge >= 0.3 is 0 Å². The first-order valence-corrected chi connectivity index (χ1v) is 9.17. The lowest BCUT2D eigenvalue weighted by atomic mass is 9.86. The average molecular weight is 347 g/mol. The van der Waals surface area contributed by atoms with Crippen LogP contribution in [0.3, 0.4) is 0 Å². The van der Waals surface area contributed by atoms with Gasteiger partial charge in [0.25, 0.3) is 0 Å². The second-order valence-corrected chi connectivity index (χ2v) is 7.09. The SMILES string of the molecule is CNC(=O)[C@H]1CCc2[nH]c3ncnc(N4CCc5ccccc54)c3c2C1. The number of para-hydroxylation sites is 1. The summed E-state index contributed by atoms with van der Waals surface area (Å²) in [6.45, 7) is 0.921. The molecule has 1 atom stereocenters. The number of aromatic nitrogens is 3. The van der Waals surface area contributed by atoms with Crippen molar-refractivity contribution in [2.75, 3.05) is 18.5 Å². The molecule has 2 aliphatic rings. The maximum absolute atomic E-state index is 12.2. The van der Waals surface area contributed by atoms with Crippen LogP contribution in [0, 0.1) is 5.92 Å². The number of anilines is 2. The molecule has 26 heavy (non-hydrogen) atoms. The minimum Gasteiger partial charge on any atom is -0.359 e. The monoisotopic (exact) mass is 347 g/mol. The van der Waals surface area contributed by atoms with Crippen LogP contribution in [-0.4, -0.2) is 34.5 Å². The number of fused-ring (bicyclic) bond motifs is 4. The Bertz CT molecular complexity index is 1010. The Hall–Kier alpha value is -2.89. The Labute approximate surface area is 151 Å². The smallest absolute Gasteiger partial charge is 0.223 e. The van der Waals surface area contributed by atoms with Gasteiger partial charge < -0.3 is 15.2 Å². The summed E-state index contributed by atoms with van der Waals surface area (Å²) in [5.74, 6) is 1.09. The van der Waals surface area contributed by atoms with Crippen molar-refractivity contribution in [2.24, 2.45) is 5.92 Å². The van der Waals surface area contributed by atoms with Gasteiger partial charge in [0.2, 0.25) is 5.91 Å². The van der Waals surface area contributed by atoms with E-state index in [2.05, 4.69) is 49.4 Å². The zero-order valence-electron chi connectivity index (χ0n) is 14.7. The van der Waals surface area contributed by atoms with E-state index in [9.17, 15) is 4.79 Å². The minimum atomic E-state index is 0.0189. The van der Waals surface area contributed by atoms with E-state index in [-0.39, 0.29) is 11.8 Å². The summed E-state index contributed by atoms with van der Waals surface area (Å²) in [5.41, 5.74) is 5.86. The molecule has 2 N–H and O–H groups in total. The maximum Gasteiger partial charge on any atom is 0.223 e. The third-order valence-electron chi connectivity index (χ3n) is 5.72. The molecule has 0 fully saturated rings. The van der Waals surface area contributed by atoms with Crippen LogP contribution in [0.4, 0.5) is 11.5 Å². The normalized spacial score (nSPS) is 18.7. The van der Waals surface area contributed by atoms with Gasteiger partial charge in [0.1, 0.15) is 17.8 Å². The number of hydrogen-bond acceptors (Lipinski definition) is 4. The largest absolute Gasteiger partial charge is 0.359 e. The number of benzene rings is 1. The van der Waals surface area contributed by atoms with Crippen LogP contribution in [0.1, 0.15) is 23.2 Å². The van der Waals surface area contributed by atoms with Crippen LogP contribution < -0.4 is 10.2 Å². The van der Waals surface area contributed by atoms with Crippen molar-refractivity contribution < 1.29 is 4.79 Å². The molecule has 1 amide bonds. The number of hydrogen-bond donors (Lipinski definition) is 2. The first-order valence-electron chi connectivity index (χ1n) is 9.17. The molecule has 0 radical (unpaired) electrons. The third-order valence-corrected chi connectivity index (χ3v) is 5.72. The molecule has 1 aromatic carbocycles. The van der Waals surface area contributed by atoms with Crippen LogP contribution >= 0.6 is 0 Å². The van der Waals surface area contributed by atoms with Crippen molar-refractivity contribution in [3.8, 4) is 0 Å².